The molecule has 0 bridgehead atoms. The Morgan fingerprint density at radius 3 is 2.43 bits per heavy atom. The summed E-state index contributed by atoms with van der Waals surface area (Å²) < 4.78 is 51.6. The third-order valence-electron chi connectivity index (χ3n) is 2.95. The number of halogens is 3. The van der Waals surface area contributed by atoms with Gasteiger partial charge < -0.3 is 14.8 Å². The van der Waals surface area contributed by atoms with E-state index >= 15 is 0 Å². The fraction of sp³-hybridized carbons (Fsp3) is 0.562. The van der Waals surface area contributed by atoms with Crippen molar-refractivity contribution in [3.63, 3.8) is 0 Å². The molecule has 1 aromatic carbocycles. The van der Waals surface area contributed by atoms with Crippen LogP contribution in [0, 0.1) is 5.82 Å². The van der Waals surface area contributed by atoms with Crippen LogP contribution in [0.1, 0.15) is 44.9 Å². The number of hydrogen-bond acceptors (Lipinski definition) is 3. The molecular weight excluding hydrogens is 311 g/mol. The van der Waals surface area contributed by atoms with Gasteiger partial charge in [0.15, 0.2) is 0 Å². The highest BCUT2D eigenvalue weighted by Gasteiger charge is 2.36. The van der Waals surface area contributed by atoms with Crippen LogP contribution >= 0.6 is 0 Å². The Hall–Kier alpha value is -1.76. The summed E-state index contributed by atoms with van der Waals surface area (Å²) in [6.45, 7) is 5.61. The third-order valence-corrected chi connectivity index (χ3v) is 2.95. The van der Waals surface area contributed by atoms with Crippen molar-refractivity contribution in [1.29, 1.82) is 0 Å². The minimum absolute atomic E-state index is 0.0517. The van der Waals surface area contributed by atoms with Crippen LogP contribution in [0.5, 0.6) is 0 Å². The predicted octanol–water partition coefficient (Wildman–Crippen LogP) is 4.15. The van der Waals surface area contributed by atoms with Crippen LogP contribution < -0.4 is 5.32 Å². The number of alkyl carbamates (subject to hydrolysis) is 1. The molecule has 4 nitrogen and oxygen atoms in total. The summed E-state index contributed by atoms with van der Waals surface area (Å²) in [5, 5.41) is 2.43. The fourth-order valence-electron chi connectivity index (χ4n) is 1.99. The first-order valence-corrected chi connectivity index (χ1v) is 7.13. The molecule has 0 spiro atoms. The van der Waals surface area contributed by atoms with Crippen LogP contribution in [0.4, 0.5) is 18.0 Å². The van der Waals surface area contributed by atoms with Crippen molar-refractivity contribution < 1.29 is 27.4 Å². The lowest BCUT2D eigenvalue weighted by Crippen LogP contribution is -2.34. The predicted molar refractivity (Wildman–Crippen MR) is 80.0 cm³/mol. The quantitative estimate of drug-likeness (QED) is 0.880. The van der Waals surface area contributed by atoms with E-state index in [9.17, 15) is 18.0 Å². The number of carbonyl (C=O) groups is 1. The molecule has 1 amide bonds. The van der Waals surface area contributed by atoms with Gasteiger partial charge in [0.1, 0.15) is 18.0 Å². The zero-order valence-electron chi connectivity index (χ0n) is 13.9. The normalized spacial score (nSPS) is 13.6. The summed E-state index contributed by atoms with van der Waals surface area (Å²) in [4.78, 5) is 11.7. The lowest BCUT2D eigenvalue weighted by molar-refractivity contribution is -0.0722. The summed E-state index contributed by atoms with van der Waals surface area (Å²) in [5.74, 6) is -4.53. The molecule has 0 saturated carbocycles. The highest BCUT2D eigenvalue weighted by molar-refractivity contribution is 5.68. The molecule has 0 aliphatic rings. The molecule has 1 atom stereocenters. The molecule has 0 saturated heterocycles. The van der Waals surface area contributed by atoms with Crippen LogP contribution in [-0.4, -0.2) is 25.4 Å². The van der Waals surface area contributed by atoms with Gasteiger partial charge in [-0.1, -0.05) is 12.1 Å². The molecule has 1 N–H and O–H groups in total. The highest BCUT2D eigenvalue weighted by atomic mass is 19.3. The second-order valence-corrected chi connectivity index (χ2v) is 6.21. The molecule has 23 heavy (non-hydrogen) atoms. The largest absolute Gasteiger partial charge is 0.444 e. The summed E-state index contributed by atoms with van der Waals surface area (Å²) >= 11 is 0. The van der Waals surface area contributed by atoms with E-state index in [1.54, 1.807) is 20.8 Å². The Kier molecular flexibility index (Phi) is 6.04. The first-order valence-electron chi connectivity index (χ1n) is 7.13. The summed E-state index contributed by atoms with van der Waals surface area (Å²) in [6.07, 6.45) is -0.751. The molecule has 0 radical (unpaired) electrons. The van der Waals surface area contributed by atoms with Gasteiger partial charge in [-0.05, 0) is 33.8 Å². The molecule has 7 heteroatoms. The van der Waals surface area contributed by atoms with Gasteiger partial charge in [-0.3, -0.25) is 0 Å². The van der Waals surface area contributed by atoms with Crippen molar-refractivity contribution in [2.24, 2.45) is 0 Å². The van der Waals surface area contributed by atoms with Gasteiger partial charge in [0.2, 0.25) is 0 Å². The SMILES string of the molecule is COCC(F)(F)c1cccc([C@@H](C)NC(=O)OC(C)(C)C)c1F. The minimum atomic E-state index is -3.46. The highest BCUT2D eigenvalue weighted by Crippen LogP contribution is 2.33. The van der Waals surface area contributed by atoms with E-state index in [1.807, 2.05) is 0 Å². The molecule has 1 aromatic rings. The third kappa shape index (κ3) is 5.42. The monoisotopic (exact) mass is 333 g/mol. The Labute approximate surface area is 134 Å². The summed E-state index contributed by atoms with van der Waals surface area (Å²) in [7, 11) is 1.11. The number of amides is 1. The zero-order chi connectivity index (χ0) is 17.8. The maximum atomic E-state index is 14.4. The maximum absolute atomic E-state index is 14.4. The van der Waals surface area contributed by atoms with E-state index in [4.69, 9.17) is 4.74 Å². The van der Waals surface area contributed by atoms with Gasteiger partial charge in [0.05, 0.1) is 11.6 Å². The smallest absolute Gasteiger partial charge is 0.408 e. The first-order chi connectivity index (χ1) is 10.5. The van der Waals surface area contributed by atoms with Gasteiger partial charge in [-0.15, -0.1) is 0 Å². The van der Waals surface area contributed by atoms with E-state index in [2.05, 4.69) is 10.1 Å². The van der Waals surface area contributed by atoms with E-state index in [0.717, 1.165) is 13.2 Å². The number of ether oxygens (including phenoxy) is 2. The maximum Gasteiger partial charge on any atom is 0.408 e. The molecule has 0 aliphatic carbocycles. The van der Waals surface area contributed by atoms with Crippen LogP contribution in [0.15, 0.2) is 18.2 Å². The number of hydrogen-bond donors (Lipinski definition) is 1. The molecule has 0 aliphatic heterocycles. The number of methoxy groups -OCH3 is 1. The number of carbonyl (C=O) groups excluding carboxylic acids is 1. The number of rotatable bonds is 5. The fourth-order valence-corrected chi connectivity index (χ4v) is 1.99. The standard InChI is InChI=1S/C16H22F3NO3/c1-10(20-14(21)23-15(2,3)4)11-7-6-8-12(13(11)17)16(18,19)9-22-5/h6-8,10H,9H2,1-5H3,(H,20,21)/t10-/m1/s1. The van der Waals surface area contributed by atoms with E-state index in [1.165, 1.54) is 19.1 Å². The topological polar surface area (TPSA) is 47.6 Å². The summed E-state index contributed by atoms with van der Waals surface area (Å²) in [6, 6.07) is 2.81. The second kappa shape index (κ2) is 7.21. The molecule has 0 heterocycles. The Bertz CT molecular complexity index is 556. The van der Waals surface area contributed by atoms with Gasteiger partial charge in [-0.25, -0.2) is 9.18 Å². The first kappa shape index (κ1) is 19.3. The van der Waals surface area contributed by atoms with Gasteiger partial charge in [0.25, 0.3) is 5.92 Å². The van der Waals surface area contributed by atoms with Crippen LogP contribution in [0.2, 0.25) is 0 Å². The number of nitrogens with one attached hydrogen (secondary N) is 1. The zero-order valence-corrected chi connectivity index (χ0v) is 13.9. The summed E-state index contributed by atoms with van der Waals surface area (Å²) in [5.41, 5.74) is -1.53. The van der Waals surface area contributed by atoms with Gasteiger partial charge in [0, 0.05) is 12.7 Å². The minimum Gasteiger partial charge on any atom is -0.444 e. The van der Waals surface area contributed by atoms with Crippen LogP contribution in [0.25, 0.3) is 0 Å². The van der Waals surface area contributed by atoms with Crippen LogP contribution in [-0.2, 0) is 15.4 Å². The van der Waals surface area contributed by atoms with Crippen LogP contribution in [0.3, 0.4) is 0 Å². The van der Waals surface area contributed by atoms with Crippen molar-refractivity contribution in [3.05, 3.63) is 35.1 Å². The van der Waals surface area contributed by atoms with E-state index < -0.39 is 41.6 Å². The average molecular weight is 333 g/mol. The lowest BCUT2D eigenvalue weighted by atomic mass is 10.0. The average Bonchev–Trinajstić information content (AvgIpc) is 2.35. The van der Waals surface area contributed by atoms with Crippen molar-refractivity contribution >= 4 is 6.09 Å². The molecule has 1 rings (SSSR count). The molecule has 0 aromatic heterocycles. The Balaban J connectivity index is 2.99. The number of benzene rings is 1. The second-order valence-electron chi connectivity index (χ2n) is 6.21. The van der Waals surface area contributed by atoms with Crippen molar-refractivity contribution in [1.82, 2.24) is 5.32 Å². The molecule has 130 valence electrons. The number of alkyl halides is 2. The Morgan fingerprint density at radius 1 is 1.30 bits per heavy atom. The molecular formula is C16H22F3NO3. The molecule has 0 unspecified atom stereocenters. The van der Waals surface area contributed by atoms with Crippen molar-refractivity contribution in [2.45, 2.75) is 45.3 Å². The molecule has 0 fully saturated rings. The Morgan fingerprint density at radius 2 is 1.91 bits per heavy atom. The van der Waals surface area contributed by atoms with Crippen molar-refractivity contribution in [2.75, 3.05) is 13.7 Å². The van der Waals surface area contributed by atoms with E-state index in [-0.39, 0.29) is 5.56 Å². The van der Waals surface area contributed by atoms with Crippen molar-refractivity contribution in [3.8, 4) is 0 Å². The van der Waals surface area contributed by atoms with E-state index in [0.29, 0.717) is 0 Å². The van der Waals surface area contributed by atoms with Gasteiger partial charge >= 0.3 is 6.09 Å². The lowest BCUT2D eigenvalue weighted by Gasteiger charge is -2.23. The van der Waals surface area contributed by atoms with Gasteiger partial charge in [-0.2, -0.15) is 8.78 Å².